The van der Waals surface area contributed by atoms with Crippen molar-refractivity contribution in [3.05, 3.63) is 0 Å². The number of carbonyl (C=O) groups is 5. The maximum absolute atomic E-state index is 14.0. The summed E-state index contributed by atoms with van der Waals surface area (Å²) >= 11 is 0. The van der Waals surface area contributed by atoms with Crippen molar-refractivity contribution in [2.75, 3.05) is 13.7 Å². The number of likely N-dealkylation sites (tertiary alicyclic amines) is 1. The smallest absolute Gasteiger partial charge is 0.408 e. The molecule has 0 bridgehead atoms. The van der Waals surface area contributed by atoms with E-state index in [1.165, 1.54) is 0 Å². The zero-order valence-electron chi connectivity index (χ0n) is 23.2. The number of rotatable bonds is 8. The first kappa shape index (κ1) is 28.9. The van der Waals surface area contributed by atoms with Crippen molar-refractivity contribution < 1.29 is 33.4 Å². The molecule has 3 amide bonds. The Morgan fingerprint density at radius 1 is 1.03 bits per heavy atom. The average molecular weight is 522 g/mol. The van der Waals surface area contributed by atoms with Crippen LogP contribution in [-0.4, -0.2) is 71.9 Å². The minimum atomic E-state index is -1.04. The molecule has 1 unspecified atom stereocenters. The molecule has 10 nitrogen and oxygen atoms in total. The number of amides is 3. The number of alkyl carbamates (subject to hydrolysis) is 1. The van der Waals surface area contributed by atoms with Crippen molar-refractivity contribution in [3.63, 3.8) is 0 Å². The lowest BCUT2D eigenvalue weighted by Gasteiger charge is -2.37. The van der Waals surface area contributed by atoms with Gasteiger partial charge in [-0.25, -0.2) is 9.59 Å². The van der Waals surface area contributed by atoms with Crippen molar-refractivity contribution in [2.24, 2.45) is 23.2 Å². The van der Waals surface area contributed by atoms with Crippen LogP contribution in [0.3, 0.4) is 0 Å². The molecule has 37 heavy (non-hydrogen) atoms. The van der Waals surface area contributed by atoms with E-state index in [4.69, 9.17) is 4.74 Å². The lowest BCUT2D eigenvalue weighted by Crippen LogP contribution is -2.59. The highest BCUT2D eigenvalue weighted by molar-refractivity contribution is 6.36. The molecular formula is C27H43N3O7. The number of hydrogen-bond acceptors (Lipinski definition) is 7. The Morgan fingerprint density at radius 3 is 2.19 bits per heavy atom. The number of ether oxygens (including phenoxy) is 2. The Bertz CT molecular complexity index is 919. The van der Waals surface area contributed by atoms with Crippen LogP contribution in [0.15, 0.2) is 0 Å². The number of esters is 1. The van der Waals surface area contributed by atoms with Gasteiger partial charge in [-0.2, -0.15) is 0 Å². The van der Waals surface area contributed by atoms with E-state index in [1.54, 1.807) is 32.6 Å². The fraction of sp³-hybridized carbons (Fsp3) is 0.815. The van der Waals surface area contributed by atoms with E-state index in [-0.39, 0.29) is 35.5 Å². The molecule has 1 aliphatic heterocycles. The number of piperidine rings is 1. The van der Waals surface area contributed by atoms with Gasteiger partial charge in [0.2, 0.25) is 11.8 Å². The van der Waals surface area contributed by atoms with Gasteiger partial charge in [0.1, 0.15) is 17.7 Å². The van der Waals surface area contributed by atoms with Crippen LogP contribution in [-0.2, 0) is 28.7 Å². The summed E-state index contributed by atoms with van der Waals surface area (Å²) in [4.78, 5) is 66.1. The number of ketones is 1. The largest absolute Gasteiger partial charge is 0.463 e. The Balaban J connectivity index is 1.84. The van der Waals surface area contributed by atoms with Crippen LogP contribution in [0.25, 0.3) is 0 Å². The fourth-order valence-electron chi connectivity index (χ4n) is 6.13. The molecule has 3 fully saturated rings. The monoisotopic (exact) mass is 521 g/mol. The van der Waals surface area contributed by atoms with Gasteiger partial charge in [0, 0.05) is 6.54 Å². The summed E-state index contributed by atoms with van der Waals surface area (Å²) in [5.41, 5.74) is -0.848. The number of methoxy groups -OCH3 is 1. The van der Waals surface area contributed by atoms with Crippen LogP contribution < -0.4 is 10.6 Å². The quantitative estimate of drug-likeness (QED) is 0.371. The summed E-state index contributed by atoms with van der Waals surface area (Å²) in [5.74, 6) is -2.59. The second kappa shape index (κ2) is 11.0. The minimum Gasteiger partial charge on any atom is -0.463 e. The van der Waals surface area contributed by atoms with E-state index in [9.17, 15) is 24.0 Å². The highest BCUT2D eigenvalue weighted by Crippen LogP contribution is 2.65. The lowest BCUT2D eigenvalue weighted by molar-refractivity contribution is -0.153. The summed E-state index contributed by atoms with van der Waals surface area (Å²) in [6.07, 6.45) is 4.20. The molecule has 1 heterocycles. The Kier molecular flexibility index (Phi) is 8.59. The van der Waals surface area contributed by atoms with Crippen LogP contribution in [0.4, 0.5) is 4.79 Å². The Labute approximate surface area is 219 Å². The molecule has 1 saturated heterocycles. The molecule has 0 aromatic rings. The van der Waals surface area contributed by atoms with Crippen LogP contribution in [0.1, 0.15) is 80.1 Å². The third-order valence-electron chi connectivity index (χ3n) is 8.25. The maximum Gasteiger partial charge on any atom is 0.408 e. The molecule has 2 N–H and O–H groups in total. The van der Waals surface area contributed by atoms with Gasteiger partial charge in [-0.3, -0.25) is 14.4 Å². The number of Topliss-reactive ketones (excluding diaryl/α,β-unsaturated/α-hetero) is 1. The predicted molar refractivity (Wildman–Crippen MR) is 135 cm³/mol. The molecule has 3 rings (SSSR count). The van der Waals surface area contributed by atoms with Crippen LogP contribution in [0, 0.1) is 23.2 Å². The summed E-state index contributed by atoms with van der Waals surface area (Å²) < 4.78 is 9.99. The van der Waals surface area contributed by atoms with Gasteiger partial charge >= 0.3 is 12.1 Å². The van der Waals surface area contributed by atoms with Gasteiger partial charge in [0.15, 0.2) is 0 Å². The summed E-state index contributed by atoms with van der Waals surface area (Å²) in [6.45, 7) is 11.5. The third kappa shape index (κ3) is 6.26. The highest BCUT2D eigenvalue weighted by Gasteiger charge is 2.69. The molecule has 208 valence electrons. The molecule has 2 aliphatic carbocycles. The molecule has 5 atom stereocenters. The van der Waals surface area contributed by atoms with Gasteiger partial charge < -0.3 is 25.0 Å². The first-order valence-corrected chi connectivity index (χ1v) is 13.5. The molecule has 0 radical (unpaired) electrons. The zero-order chi connectivity index (χ0) is 27.7. The van der Waals surface area contributed by atoms with E-state index in [1.807, 2.05) is 0 Å². The van der Waals surface area contributed by atoms with Crippen molar-refractivity contribution in [1.82, 2.24) is 15.5 Å². The van der Waals surface area contributed by atoms with Gasteiger partial charge in [-0.05, 0) is 63.2 Å². The number of carbonyl (C=O) groups excluding carboxylic acids is 5. The van der Waals surface area contributed by atoms with Gasteiger partial charge in [-0.15, -0.1) is 0 Å². The van der Waals surface area contributed by atoms with Crippen LogP contribution in [0.5, 0.6) is 0 Å². The van der Waals surface area contributed by atoms with Crippen molar-refractivity contribution in [3.8, 4) is 0 Å². The lowest BCUT2D eigenvalue weighted by atomic mass is 9.83. The van der Waals surface area contributed by atoms with E-state index < -0.39 is 47.5 Å². The van der Waals surface area contributed by atoms with Crippen molar-refractivity contribution in [1.29, 1.82) is 0 Å². The summed E-state index contributed by atoms with van der Waals surface area (Å²) in [5, 5.41) is 5.52. The second-order valence-electron chi connectivity index (χ2n) is 12.2. The van der Waals surface area contributed by atoms with E-state index >= 15 is 0 Å². The third-order valence-corrected chi connectivity index (χ3v) is 8.25. The molecule has 0 spiro atoms. The topological polar surface area (TPSA) is 131 Å². The Hall–Kier alpha value is -2.65. The molecule has 0 aromatic heterocycles. The number of hydrogen-bond donors (Lipinski definition) is 2. The van der Waals surface area contributed by atoms with Crippen molar-refractivity contribution in [2.45, 2.75) is 104 Å². The molecule has 2 saturated carbocycles. The van der Waals surface area contributed by atoms with Crippen LogP contribution in [0.2, 0.25) is 0 Å². The summed E-state index contributed by atoms with van der Waals surface area (Å²) in [7, 11) is 1.12. The van der Waals surface area contributed by atoms with E-state index in [0.29, 0.717) is 6.54 Å². The minimum absolute atomic E-state index is 0.0493. The van der Waals surface area contributed by atoms with Gasteiger partial charge in [0.25, 0.3) is 5.78 Å². The number of nitrogens with one attached hydrogen (secondary N) is 2. The second-order valence-corrected chi connectivity index (χ2v) is 12.2. The van der Waals surface area contributed by atoms with E-state index in [0.717, 1.165) is 39.2 Å². The number of nitrogens with zero attached hydrogens (tertiary/aromatic N) is 1. The van der Waals surface area contributed by atoms with Crippen LogP contribution >= 0.6 is 0 Å². The average Bonchev–Trinajstić information content (AvgIpc) is 3.17. The van der Waals surface area contributed by atoms with Gasteiger partial charge in [-0.1, -0.05) is 40.0 Å². The fourth-order valence-corrected chi connectivity index (χ4v) is 6.13. The molecule has 0 aromatic carbocycles. The maximum atomic E-state index is 14.0. The molecule has 3 aliphatic rings. The van der Waals surface area contributed by atoms with Crippen molar-refractivity contribution >= 4 is 29.7 Å². The first-order valence-electron chi connectivity index (χ1n) is 13.5. The normalized spacial score (nSPS) is 26.4. The van der Waals surface area contributed by atoms with Gasteiger partial charge in [0.05, 0.1) is 13.2 Å². The first-order chi connectivity index (χ1) is 17.2. The molecule has 10 heteroatoms. The SMILES string of the molecule is CC[C@H](NC(=O)[C@@H]1C2[C@H](CN1C(=O)[C@@H](NC(=O)OC(C)(C)C)C1CCCCC1)C2(C)C)C(=O)C(=O)OC. The number of fused-ring (bicyclic) bond motifs is 1. The highest BCUT2D eigenvalue weighted by atomic mass is 16.6. The summed E-state index contributed by atoms with van der Waals surface area (Å²) in [6, 6.07) is -2.63. The predicted octanol–water partition coefficient (Wildman–Crippen LogP) is 2.58. The van der Waals surface area contributed by atoms with E-state index in [2.05, 4.69) is 29.2 Å². The Morgan fingerprint density at radius 2 is 1.65 bits per heavy atom. The zero-order valence-corrected chi connectivity index (χ0v) is 23.2. The molecular weight excluding hydrogens is 478 g/mol. The standard InChI is InChI=1S/C27H43N3O7/c1-8-17(21(31)24(34)36-7)28-22(32)20-18-16(27(18,5)6)14-30(20)23(33)19(15-12-10-9-11-13-15)29-25(35)37-26(2,3)4/h15-20H,8-14H2,1-7H3,(H,28,32)(H,29,35)/t16-,17-,18?,19-,20-/m0/s1.